The van der Waals surface area contributed by atoms with Gasteiger partial charge in [-0.25, -0.2) is 4.63 Å². The second kappa shape index (κ2) is 8.93. The lowest BCUT2D eigenvalue weighted by Gasteiger charge is -2.28. The number of nitrogens with zero attached hydrogens (tertiary/aromatic N) is 4. The maximum absolute atomic E-state index is 13.1. The number of aryl methyl sites for hydroxylation is 2. The molecule has 0 aliphatic carbocycles. The first kappa shape index (κ1) is 21.0. The Balaban J connectivity index is 1.36. The van der Waals surface area contributed by atoms with Crippen LogP contribution in [-0.2, 0) is 6.61 Å². The first-order chi connectivity index (χ1) is 16.1. The minimum atomic E-state index is -0.413. The van der Waals surface area contributed by atoms with Gasteiger partial charge in [-0.2, -0.15) is 0 Å². The molecule has 0 bridgehead atoms. The number of amides is 1. The molecule has 5 rings (SSSR count). The van der Waals surface area contributed by atoms with Crippen LogP contribution in [-0.4, -0.2) is 34.5 Å². The van der Waals surface area contributed by atoms with Crippen LogP contribution < -0.4 is 15.0 Å². The molecule has 1 saturated heterocycles. The van der Waals surface area contributed by atoms with E-state index in [1.54, 1.807) is 6.92 Å². The number of benzene rings is 2. The molecule has 1 N–H and O–H groups in total. The number of ether oxygens (including phenoxy) is 1. The molecule has 0 saturated carbocycles. The molecule has 170 valence electrons. The number of piperidine rings is 1. The average Bonchev–Trinajstić information content (AvgIpc) is 3.47. The number of hydrogen-bond acceptors (Lipinski definition) is 8. The summed E-state index contributed by atoms with van der Waals surface area (Å²) in [5.74, 6) is 0.821. The fraction of sp³-hybridized carbons (Fsp3) is 0.333. The fourth-order valence-electron chi connectivity index (χ4n) is 4.06. The molecule has 3 heterocycles. The van der Waals surface area contributed by atoms with Gasteiger partial charge in [-0.15, -0.1) is 0 Å². The van der Waals surface area contributed by atoms with Gasteiger partial charge in [-0.05, 0) is 67.7 Å². The summed E-state index contributed by atoms with van der Waals surface area (Å²) in [6, 6.07) is 11.5. The van der Waals surface area contributed by atoms with Crippen LogP contribution in [0.2, 0.25) is 0 Å². The van der Waals surface area contributed by atoms with E-state index in [2.05, 4.69) is 25.7 Å². The number of rotatable bonds is 6. The SMILES string of the molecule is Cc1ccc(OCc2c(C(=O)Nc3ccc(N4CCCCC4)c4nonc34)noc2C)cc1. The molecule has 0 unspecified atom stereocenters. The van der Waals surface area contributed by atoms with Crippen molar-refractivity contribution in [2.75, 3.05) is 23.3 Å². The zero-order valence-electron chi connectivity index (χ0n) is 18.6. The van der Waals surface area contributed by atoms with Gasteiger partial charge < -0.3 is 19.5 Å². The van der Waals surface area contributed by atoms with Crippen molar-refractivity contribution in [1.82, 2.24) is 15.5 Å². The lowest BCUT2D eigenvalue weighted by molar-refractivity contribution is 0.101. The van der Waals surface area contributed by atoms with E-state index in [-0.39, 0.29) is 12.3 Å². The highest BCUT2D eigenvalue weighted by Gasteiger charge is 2.23. The van der Waals surface area contributed by atoms with Crippen LogP contribution in [0.25, 0.3) is 11.0 Å². The molecule has 2 aromatic carbocycles. The van der Waals surface area contributed by atoms with Crippen LogP contribution in [0.1, 0.15) is 46.6 Å². The maximum Gasteiger partial charge on any atom is 0.278 e. The number of hydrogen-bond donors (Lipinski definition) is 1. The largest absolute Gasteiger partial charge is 0.489 e. The Bertz CT molecular complexity index is 1270. The topological polar surface area (TPSA) is 107 Å². The third kappa shape index (κ3) is 4.26. The van der Waals surface area contributed by atoms with Gasteiger partial charge in [0.1, 0.15) is 18.1 Å². The molecule has 1 amide bonds. The molecule has 4 aromatic rings. The van der Waals surface area contributed by atoms with E-state index in [0.29, 0.717) is 33.8 Å². The van der Waals surface area contributed by atoms with Gasteiger partial charge in [-0.1, -0.05) is 22.9 Å². The van der Waals surface area contributed by atoms with Crippen LogP contribution in [0.4, 0.5) is 11.4 Å². The second-order valence-corrected chi connectivity index (χ2v) is 8.26. The molecule has 1 fully saturated rings. The zero-order chi connectivity index (χ0) is 22.8. The number of nitrogens with one attached hydrogen (secondary N) is 1. The van der Waals surface area contributed by atoms with E-state index in [4.69, 9.17) is 13.9 Å². The van der Waals surface area contributed by atoms with E-state index in [1.807, 2.05) is 43.3 Å². The Labute approximate surface area is 190 Å². The van der Waals surface area contributed by atoms with Crippen LogP contribution in [0.5, 0.6) is 5.75 Å². The van der Waals surface area contributed by atoms with Crippen molar-refractivity contribution >= 4 is 28.3 Å². The predicted octanol–water partition coefficient (Wildman–Crippen LogP) is 4.65. The lowest BCUT2D eigenvalue weighted by atomic mass is 10.1. The highest BCUT2D eigenvalue weighted by Crippen LogP contribution is 2.32. The lowest BCUT2D eigenvalue weighted by Crippen LogP contribution is -2.29. The Morgan fingerprint density at radius 1 is 1.00 bits per heavy atom. The van der Waals surface area contributed by atoms with Crippen molar-refractivity contribution in [2.24, 2.45) is 0 Å². The monoisotopic (exact) mass is 447 g/mol. The summed E-state index contributed by atoms with van der Waals surface area (Å²) < 4.78 is 16.2. The minimum absolute atomic E-state index is 0.163. The second-order valence-electron chi connectivity index (χ2n) is 8.26. The molecule has 9 heteroatoms. The van der Waals surface area contributed by atoms with Crippen molar-refractivity contribution in [3.05, 3.63) is 59.0 Å². The molecule has 2 aromatic heterocycles. The average molecular weight is 447 g/mol. The third-order valence-corrected chi connectivity index (χ3v) is 5.94. The van der Waals surface area contributed by atoms with Gasteiger partial charge in [0.05, 0.1) is 16.9 Å². The standard InChI is InChI=1S/C24H25N5O4/c1-15-6-8-17(9-7-15)31-14-18-16(2)32-26-21(18)24(30)25-19-10-11-20(23-22(19)27-33-28-23)29-12-4-3-5-13-29/h6-11H,3-5,12-14H2,1-2H3,(H,25,30). The van der Waals surface area contributed by atoms with Gasteiger partial charge in [0.2, 0.25) is 0 Å². The molecule has 1 aliphatic rings. The van der Waals surface area contributed by atoms with E-state index < -0.39 is 5.91 Å². The van der Waals surface area contributed by atoms with E-state index in [0.717, 1.165) is 37.2 Å². The first-order valence-corrected chi connectivity index (χ1v) is 11.1. The third-order valence-electron chi connectivity index (χ3n) is 5.94. The Kier molecular flexibility index (Phi) is 5.68. The quantitative estimate of drug-likeness (QED) is 0.455. The molecular weight excluding hydrogens is 422 g/mol. The summed E-state index contributed by atoms with van der Waals surface area (Å²) in [6.45, 7) is 5.87. The molecule has 0 atom stereocenters. The summed E-state index contributed by atoms with van der Waals surface area (Å²) in [6.07, 6.45) is 3.52. The van der Waals surface area contributed by atoms with Crippen LogP contribution in [0, 0.1) is 13.8 Å². The Hall–Kier alpha value is -3.88. The summed E-state index contributed by atoms with van der Waals surface area (Å²) in [7, 11) is 0. The van der Waals surface area contributed by atoms with Crippen LogP contribution in [0.3, 0.4) is 0 Å². The van der Waals surface area contributed by atoms with Crippen molar-refractivity contribution in [3.8, 4) is 5.75 Å². The summed E-state index contributed by atoms with van der Waals surface area (Å²) >= 11 is 0. The number of carbonyl (C=O) groups excluding carboxylic acids is 1. The summed E-state index contributed by atoms with van der Waals surface area (Å²) in [4.78, 5) is 15.4. The van der Waals surface area contributed by atoms with Gasteiger partial charge in [-0.3, -0.25) is 4.79 Å². The first-order valence-electron chi connectivity index (χ1n) is 11.1. The minimum Gasteiger partial charge on any atom is -0.489 e. The smallest absolute Gasteiger partial charge is 0.278 e. The van der Waals surface area contributed by atoms with Crippen LogP contribution in [0.15, 0.2) is 45.6 Å². The highest BCUT2D eigenvalue weighted by molar-refractivity contribution is 6.09. The van der Waals surface area contributed by atoms with E-state index >= 15 is 0 Å². The van der Waals surface area contributed by atoms with Gasteiger partial charge in [0, 0.05) is 13.1 Å². The summed E-state index contributed by atoms with van der Waals surface area (Å²) in [5.41, 5.74) is 4.51. The highest BCUT2D eigenvalue weighted by atomic mass is 16.6. The van der Waals surface area contributed by atoms with Crippen molar-refractivity contribution in [1.29, 1.82) is 0 Å². The Morgan fingerprint density at radius 3 is 2.55 bits per heavy atom. The van der Waals surface area contributed by atoms with Gasteiger partial charge in [0.15, 0.2) is 16.7 Å². The molecular formula is C24H25N5O4. The fourth-order valence-corrected chi connectivity index (χ4v) is 4.06. The van der Waals surface area contributed by atoms with Gasteiger partial charge in [0.25, 0.3) is 5.91 Å². The molecule has 1 aliphatic heterocycles. The number of fused-ring (bicyclic) bond motifs is 1. The van der Waals surface area contributed by atoms with Gasteiger partial charge >= 0.3 is 0 Å². The maximum atomic E-state index is 13.1. The molecule has 33 heavy (non-hydrogen) atoms. The van der Waals surface area contributed by atoms with E-state index in [9.17, 15) is 4.79 Å². The predicted molar refractivity (Wildman–Crippen MR) is 123 cm³/mol. The number of carbonyl (C=O) groups is 1. The van der Waals surface area contributed by atoms with E-state index in [1.165, 1.54) is 6.42 Å². The number of aromatic nitrogens is 3. The zero-order valence-corrected chi connectivity index (χ0v) is 18.6. The molecule has 0 radical (unpaired) electrons. The van der Waals surface area contributed by atoms with Crippen LogP contribution >= 0.6 is 0 Å². The van der Waals surface area contributed by atoms with Crippen molar-refractivity contribution in [3.63, 3.8) is 0 Å². The molecule has 0 spiro atoms. The number of anilines is 2. The molecule has 9 nitrogen and oxygen atoms in total. The van der Waals surface area contributed by atoms with Crippen molar-refractivity contribution < 1.29 is 18.7 Å². The normalized spacial score (nSPS) is 13.9. The Morgan fingerprint density at radius 2 is 1.76 bits per heavy atom. The summed E-state index contributed by atoms with van der Waals surface area (Å²) in [5, 5.41) is 15.0. The van der Waals surface area contributed by atoms with Crippen molar-refractivity contribution in [2.45, 2.75) is 39.7 Å².